The molecule has 0 spiro atoms. The van der Waals surface area contributed by atoms with Gasteiger partial charge in [-0.1, -0.05) is 12.1 Å². The Bertz CT molecular complexity index is 889. The summed E-state index contributed by atoms with van der Waals surface area (Å²) in [4.78, 5) is 30.4. The van der Waals surface area contributed by atoms with E-state index in [2.05, 4.69) is 16.4 Å². The van der Waals surface area contributed by atoms with Crippen LogP contribution in [-0.2, 0) is 9.53 Å². The van der Waals surface area contributed by atoms with Crippen molar-refractivity contribution in [1.82, 2.24) is 15.2 Å². The van der Waals surface area contributed by atoms with Crippen LogP contribution in [0.3, 0.4) is 0 Å². The highest BCUT2D eigenvalue weighted by Gasteiger charge is 2.29. The molecule has 28 heavy (non-hydrogen) atoms. The number of benzene rings is 1. The minimum Gasteiger partial charge on any atom is -0.383 e. The van der Waals surface area contributed by atoms with Crippen LogP contribution in [-0.4, -0.2) is 55.0 Å². The lowest BCUT2D eigenvalue weighted by molar-refractivity contribution is -0.128. The maximum absolute atomic E-state index is 12.4. The molecule has 2 amide bonds. The number of likely N-dealkylation sites (tertiary alicyclic amines) is 1. The van der Waals surface area contributed by atoms with Gasteiger partial charge in [0.1, 0.15) is 6.07 Å². The monoisotopic (exact) mass is 378 g/mol. The average Bonchev–Trinajstić information content (AvgIpc) is 3.10. The lowest BCUT2D eigenvalue weighted by atomic mass is 10.0. The molecule has 2 heterocycles. The third-order valence-corrected chi connectivity index (χ3v) is 4.76. The van der Waals surface area contributed by atoms with Crippen molar-refractivity contribution in [3.05, 3.63) is 53.7 Å². The Hall–Kier alpha value is -3.24. The molecule has 1 aromatic heterocycles. The quantitative estimate of drug-likeness (QED) is 0.793. The first-order chi connectivity index (χ1) is 13.6. The van der Waals surface area contributed by atoms with Crippen LogP contribution in [0.2, 0.25) is 0 Å². The number of methoxy groups -OCH3 is 1. The number of nitriles is 1. The molecule has 0 saturated carbocycles. The largest absolute Gasteiger partial charge is 0.383 e. The van der Waals surface area contributed by atoms with Crippen molar-refractivity contribution in [3.8, 4) is 17.3 Å². The minimum absolute atomic E-state index is 0.101. The Labute approximate surface area is 163 Å². The summed E-state index contributed by atoms with van der Waals surface area (Å²) in [7, 11) is 1.61. The molecule has 1 aliphatic heterocycles. The number of pyridine rings is 1. The van der Waals surface area contributed by atoms with Gasteiger partial charge in [0.05, 0.1) is 17.9 Å². The maximum atomic E-state index is 12.4. The first kappa shape index (κ1) is 19.5. The Morgan fingerprint density at radius 1 is 1.36 bits per heavy atom. The number of aromatic nitrogens is 1. The van der Waals surface area contributed by atoms with E-state index in [-0.39, 0.29) is 17.7 Å². The third-order valence-electron chi connectivity index (χ3n) is 4.76. The Kier molecular flexibility index (Phi) is 6.35. The maximum Gasteiger partial charge on any atom is 0.251 e. The molecule has 1 atom stereocenters. The van der Waals surface area contributed by atoms with E-state index in [1.165, 1.54) is 0 Å². The van der Waals surface area contributed by atoms with Crippen molar-refractivity contribution in [1.29, 1.82) is 5.26 Å². The first-order valence-corrected chi connectivity index (χ1v) is 9.13. The Balaban J connectivity index is 1.57. The van der Waals surface area contributed by atoms with Crippen LogP contribution in [0.1, 0.15) is 22.3 Å². The van der Waals surface area contributed by atoms with E-state index in [0.717, 1.165) is 5.56 Å². The van der Waals surface area contributed by atoms with Crippen LogP contribution in [0.25, 0.3) is 11.3 Å². The number of rotatable bonds is 7. The minimum atomic E-state index is -0.184. The number of nitrogens with one attached hydrogen (secondary N) is 1. The summed E-state index contributed by atoms with van der Waals surface area (Å²) < 4.78 is 5.01. The van der Waals surface area contributed by atoms with E-state index >= 15 is 0 Å². The van der Waals surface area contributed by atoms with Crippen LogP contribution in [0, 0.1) is 17.2 Å². The molecular formula is C21H22N4O3. The van der Waals surface area contributed by atoms with Crippen molar-refractivity contribution in [3.63, 3.8) is 0 Å². The van der Waals surface area contributed by atoms with Gasteiger partial charge in [-0.05, 0) is 24.3 Å². The Morgan fingerprint density at radius 2 is 2.14 bits per heavy atom. The van der Waals surface area contributed by atoms with E-state index in [4.69, 9.17) is 4.74 Å². The summed E-state index contributed by atoms with van der Waals surface area (Å²) in [6.45, 7) is 2.19. The van der Waals surface area contributed by atoms with Crippen LogP contribution in [0.4, 0.5) is 0 Å². The lowest BCUT2D eigenvalue weighted by Crippen LogP contribution is -2.32. The van der Waals surface area contributed by atoms with Crippen molar-refractivity contribution in [2.45, 2.75) is 6.42 Å². The molecule has 7 heteroatoms. The summed E-state index contributed by atoms with van der Waals surface area (Å²) in [5.74, 6) is 0.0273. The second-order valence-electron chi connectivity index (χ2n) is 6.70. The van der Waals surface area contributed by atoms with Crippen LogP contribution < -0.4 is 5.32 Å². The number of hydrogen-bond acceptors (Lipinski definition) is 5. The second-order valence-corrected chi connectivity index (χ2v) is 6.70. The van der Waals surface area contributed by atoms with Gasteiger partial charge < -0.3 is 15.0 Å². The average molecular weight is 378 g/mol. The highest BCUT2D eigenvalue weighted by atomic mass is 16.5. The standard InChI is InChI=1S/C21H22N4O3/c1-28-10-9-25-14-15(11-19(25)26)13-24-21(27)17-6-4-16(5-7-17)20-18(12-22)3-2-8-23-20/h2-8,15H,9-11,13-14H2,1H3,(H,24,27)/t15-/m0/s1. The molecule has 0 aliphatic carbocycles. The van der Waals surface area contributed by atoms with Crippen molar-refractivity contribution < 1.29 is 14.3 Å². The zero-order valence-electron chi connectivity index (χ0n) is 15.7. The van der Waals surface area contributed by atoms with Gasteiger partial charge in [-0.25, -0.2) is 0 Å². The molecule has 0 bridgehead atoms. The number of carbonyl (C=O) groups excluding carboxylic acids is 2. The SMILES string of the molecule is COCCN1C[C@H](CNC(=O)c2ccc(-c3ncccc3C#N)cc2)CC1=O. The fraction of sp³-hybridized carbons (Fsp3) is 0.333. The molecule has 0 radical (unpaired) electrons. The fourth-order valence-electron chi connectivity index (χ4n) is 3.25. The fourth-order valence-corrected chi connectivity index (χ4v) is 3.25. The summed E-state index contributed by atoms with van der Waals surface area (Å²) in [6, 6.07) is 12.5. The number of carbonyl (C=O) groups is 2. The smallest absolute Gasteiger partial charge is 0.251 e. The van der Waals surface area contributed by atoms with Crippen molar-refractivity contribution >= 4 is 11.8 Å². The number of ether oxygens (including phenoxy) is 1. The second kappa shape index (κ2) is 9.11. The van der Waals surface area contributed by atoms with E-state index in [1.807, 2.05) is 0 Å². The highest BCUT2D eigenvalue weighted by molar-refractivity contribution is 5.94. The summed E-state index contributed by atoms with van der Waals surface area (Å²) in [6.07, 6.45) is 2.08. The van der Waals surface area contributed by atoms with E-state index in [1.54, 1.807) is 54.6 Å². The first-order valence-electron chi connectivity index (χ1n) is 9.13. The van der Waals surface area contributed by atoms with Gasteiger partial charge in [0, 0.05) is 56.4 Å². The molecule has 1 aliphatic rings. The molecule has 2 aromatic rings. The van der Waals surface area contributed by atoms with E-state index in [9.17, 15) is 14.9 Å². The predicted octanol–water partition coefficient (Wildman–Crippen LogP) is 1.84. The predicted molar refractivity (Wildman–Crippen MR) is 103 cm³/mol. The molecular weight excluding hydrogens is 356 g/mol. The van der Waals surface area contributed by atoms with Gasteiger partial charge in [0.15, 0.2) is 0 Å². The van der Waals surface area contributed by atoms with Gasteiger partial charge >= 0.3 is 0 Å². The molecule has 1 fully saturated rings. The molecule has 144 valence electrons. The van der Waals surface area contributed by atoms with E-state index in [0.29, 0.717) is 49.5 Å². The number of amides is 2. The molecule has 1 saturated heterocycles. The molecule has 0 unspecified atom stereocenters. The zero-order chi connectivity index (χ0) is 19.9. The highest BCUT2D eigenvalue weighted by Crippen LogP contribution is 2.21. The normalized spacial score (nSPS) is 16.1. The van der Waals surface area contributed by atoms with Crippen molar-refractivity contribution in [2.75, 3.05) is 33.4 Å². The summed E-state index contributed by atoms with van der Waals surface area (Å²) in [5.41, 5.74) is 2.39. The molecule has 3 rings (SSSR count). The topological polar surface area (TPSA) is 95.3 Å². The number of nitrogens with zero attached hydrogens (tertiary/aromatic N) is 3. The molecule has 1 aromatic carbocycles. The van der Waals surface area contributed by atoms with Crippen molar-refractivity contribution in [2.24, 2.45) is 5.92 Å². The summed E-state index contributed by atoms with van der Waals surface area (Å²) in [5, 5.41) is 12.1. The molecule has 1 N–H and O–H groups in total. The van der Waals surface area contributed by atoms with Crippen LogP contribution >= 0.6 is 0 Å². The third kappa shape index (κ3) is 4.53. The Morgan fingerprint density at radius 3 is 2.86 bits per heavy atom. The van der Waals surface area contributed by atoms with E-state index < -0.39 is 0 Å². The van der Waals surface area contributed by atoms with Crippen LogP contribution in [0.5, 0.6) is 0 Å². The lowest BCUT2D eigenvalue weighted by Gasteiger charge is -2.16. The van der Waals surface area contributed by atoms with Gasteiger partial charge in [-0.2, -0.15) is 5.26 Å². The van der Waals surface area contributed by atoms with Gasteiger partial charge in [-0.3, -0.25) is 14.6 Å². The van der Waals surface area contributed by atoms with Gasteiger partial charge in [0.2, 0.25) is 5.91 Å². The molecule has 7 nitrogen and oxygen atoms in total. The van der Waals surface area contributed by atoms with Gasteiger partial charge in [-0.15, -0.1) is 0 Å². The summed E-state index contributed by atoms with van der Waals surface area (Å²) >= 11 is 0. The van der Waals surface area contributed by atoms with Gasteiger partial charge in [0.25, 0.3) is 5.91 Å². The zero-order valence-corrected chi connectivity index (χ0v) is 15.7. The number of hydrogen-bond donors (Lipinski definition) is 1. The van der Waals surface area contributed by atoms with Crippen LogP contribution in [0.15, 0.2) is 42.6 Å².